The molecule has 3 rings (SSSR count). The van der Waals surface area contributed by atoms with Crippen molar-refractivity contribution < 1.29 is 12.8 Å². The first kappa shape index (κ1) is 19.8. The molecule has 0 amide bonds. The van der Waals surface area contributed by atoms with Crippen molar-refractivity contribution in [2.75, 3.05) is 23.9 Å². The van der Waals surface area contributed by atoms with Gasteiger partial charge in [0.1, 0.15) is 5.82 Å². The van der Waals surface area contributed by atoms with E-state index in [2.05, 4.69) is 18.7 Å². The molecule has 0 aromatic heterocycles. The molecule has 0 atom stereocenters. The van der Waals surface area contributed by atoms with Crippen LogP contribution in [0.25, 0.3) is 0 Å². The fraction of sp³-hybridized carbons (Fsp3) is 0.429. The number of halogens is 1. The number of nitrogens with zero attached hydrogens (tertiary/aromatic N) is 2. The van der Waals surface area contributed by atoms with Crippen molar-refractivity contribution in [3.8, 4) is 0 Å². The lowest BCUT2D eigenvalue weighted by atomic mass is 10.0. The molecule has 4 nitrogen and oxygen atoms in total. The number of benzene rings is 2. The van der Waals surface area contributed by atoms with Gasteiger partial charge in [-0.3, -0.25) is 4.31 Å². The van der Waals surface area contributed by atoms with Gasteiger partial charge in [-0.2, -0.15) is 0 Å². The van der Waals surface area contributed by atoms with E-state index in [1.165, 1.54) is 28.6 Å². The molecular weight excluding hydrogens is 363 g/mol. The third-order valence-electron chi connectivity index (χ3n) is 4.89. The van der Waals surface area contributed by atoms with E-state index in [1.807, 2.05) is 30.3 Å². The van der Waals surface area contributed by atoms with E-state index in [0.717, 1.165) is 32.5 Å². The van der Waals surface area contributed by atoms with Gasteiger partial charge >= 0.3 is 0 Å². The van der Waals surface area contributed by atoms with E-state index >= 15 is 0 Å². The molecule has 0 aliphatic carbocycles. The Balaban J connectivity index is 1.90. The summed E-state index contributed by atoms with van der Waals surface area (Å²) in [7, 11) is -3.76. The minimum absolute atomic E-state index is 0.106. The highest BCUT2D eigenvalue weighted by atomic mass is 32.2. The van der Waals surface area contributed by atoms with Gasteiger partial charge in [0.2, 0.25) is 0 Å². The SMILES string of the molecule is CC(C)CN1CCC(N(c2ccccc2)S(=O)(=O)c2ccc(F)cc2)CC1. The second-order valence-corrected chi connectivity index (χ2v) is 9.33. The first-order valence-corrected chi connectivity index (χ1v) is 10.9. The van der Waals surface area contributed by atoms with Crippen LogP contribution in [0, 0.1) is 11.7 Å². The molecule has 146 valence electrons. The van der Waals surface area contributed by atoms with Gasteiger partial charge in [-0.15, -0.1) is 0 Å². The van der Waals surface area contributed by atoms with E-state index in [1.54, 1.807) is 0 Å². The van der Waals surface area contributed by atoms with E-state index in [9.17, 15) is 12.8 Å². The Kier molecular flexibility index (Phi) is 6.17. The molecule has 2 aromatic rings. The number of piperidine rings is 1. The number of rotatable bonds is 6. The fourth-order valence-corrected chi connectivity index (χ4v) is 5.40. The second kappa shape index (κ2) is 8.40. The second-order valence-electron chi connectivity index (χ2n) is 7.52. The lowest BCUT2D eigenvalue weighted by Crippen LogP contribution is -2.48. The van der Waals surface area contributed by atoms with E-state index in [0.29, 0.717) is 11.6 Å². The minimum Gasteiger partial charge on any atom is -0.303 e. The Labute approximate surface area is 161 Å². The highest BCUT2D eigenvalue weighted by molar-refractivity contribution is 7.92. The zero-order valence-electron chi connectivity index (χ0n) is 15.9. The Morgan fingerprint density at radius 2 is 1.63 bits per heavy atom. The molecule has 1 saturated heterocycles. The summed E-state index contributed by atoms with van der Waals surface area (Å²) in [6.07, 6.45) is 1.56. The van der Waals surface area contributed by atoms with Crippen LogP contribution in [0.4, 0.5) is 10.1 Å². The molecule has 1 heterocycles. The minimum atomic E-state index is -3.76. The standard InChI is InChI=1S/C21H27FN2O2S/c1-17(2)16-23-14-12-20(13-15-23)24(19-6-4-3-5-7-19)27(25,26)21-10-8-18(22)9-11-21/h3-11,17,20H,12-16H2,1-2H3. The maximum atomic E-state index is 13.4. The Morgan fingerprint density at radius 3 is 2.19 bits per heavy atom. The van der Waals surface area contributed by atoms with Crippen molar-refractivity contribution in [2.45, 2.75) is 37.6 Å². The summed E-state index contributed by atoms with van der Waals surface area (Å²) in [6.45, 7) is 7.18. The van der Waals surface area contributed by atoms with Gasteiger partial charge in [0.25, 0.3) is 10.0 Å². The normalized spacial score (nSPS) is 16.6. The molecule has 1 fully saturated rings. The molecule has 1 aliphatic heterocycles. The van der Waals surface area contributed by atoms with Crippen LogP contribution in [0.5, 0.6) is 0 Å². The number of anilines is 1. The van der Waals surface area contributed by atoms with Gasteiger partial charge in [-0.1, -0.05) is 32.0 Å². The van der Waals surface area contributed by atoms with Crippen LogP contribution in [0.15, 0.2) is 59.5 Å². The van der Waals surface area contributed by atoms with E-state index in [-0.39, 0.29) is 10.9 Å². The summed E-state index contributed by atoms with van der Waals surface area (Å²) in [5.41, 5.74) is 0.657. The smallest absolute Gasteiger partial charge is 0.264 e. The third kappa shape index (κ3) is 4.68. The number of sulfonamides is 1. The molecule has 0 spiro atoms. The highest BCUT2D eigenvalue weighted by Crippen LogP contribution is 2.30. The molecule has 0 unspecified atom stereocenters. The average molecular weight is 391 g/mol. The number of hydrogen-bond acceptors (Lipinski definition) is 3. The number of likely N-dealkylation sites (tertiary alicyclic amines) is 1. The van der Waals surface area contributed by atoms with E-state index < -0.39 is 15.8 Å². The monoisotopic (exact) mass is 390 g/mol. The van der Waals surface area contributed by atoms with Crippen LogP contribution in [-0.4, -0.2) is 39.0 Å². The zero-order chi connectivity index (χ0) is 19.4. The number of para-hydroxylation sites is 1. The van der Waals surface area contributed by atoms with Gasteiger partial charge < -0.3 is 4.90 Å². The van der Waals surface area contributed by atoms with Crippen molar-refractivity contribution in [3.63, 3.8) is 0 Å². The third-order valence-corrected chi connectivity index (χ3v) is 6.79. The van der Waals surface area contributed by atoms with Gasteiger partial charge in [-0.25, -0.2) is 12.8 Å². The van der Waals surface area contributed by atoms with Crippen molar-refractivity contribution in [1.29, 1.82) is 0 Å². The van der Waals surface area contributed by atoms with Gasteiger partial charge in [0.15, 0.2) is 0 Å². The average Bonchev–Trinajstić information content (AvgIpc) is 2.64. The van der Waals surface area contributed by atoms with Crippen molar-refractivity contribution in [3.05, 3.63) is 60.4 Å². The Bertz CT molecular complexity index is 830. The highest BCUT2D eigenvalue weighted by Gasteiger charge is 2.34. The first-order chi connectivity index (χ1) is 12.9. The van der Waals surface area contributed by atoms with Crippen molar-refractivity contribution in [2.24, 2.45) is 5.92 Å². The molecule has 0 saturated carbocycles. The lowest BCUT2D eigenvalue weighted by Gasteiger charge is -2.39. The quantitative estimate of drug-likeness (QED) is 0.744. The molecule has 0 bridgehead atoms. The first-order valence-electron chi connectivity index (χ1n) is 9.45. The predicted octanol–water partition coefficient (Wildman–Crippen LogP) is 4.14. The summed E-state index contributed by atoms with van der Waals surface area (Å²) in [5, 5.41) is 0. The molecular formula is C21H27FN2O2S. The summed E-state index contributed by atoms with van der Waals surface area (Å²) in [4.78, 5) is 2.52. The molecule has 2 aromatic carbocycles. The Hall–Kier alpha value is -1.92. The molecule has 0 N–H and O–H groups in total. The van der Waals surface area contributed by atoms with Gasteiger partial charge in [0.05, 0.1) is 10.6 Å². The fourth-order valence-electron chi connectivity index (χ4n) is 3.69. The van der Waals surface area contributed by atoms with Crippen molar-refractivity contribution >= 4 is 15.7 Å². The number of hydrogen-bond donors (Lipinski definition) is 0. The van der Waals surface area contributed by atoms with Crippen molar-refractivity contribution in [1.82, 2.24) is 4.90 Å². The van der Waals surface area contributed by atoms with Crippen LogP contribution in [-0.2, 0) is 10.0 Å². The van der Waals surface area contributed by atoms with Crippen LogP contribution >= 0.6 is 0 Å². The zero-order valence-corrected chi connectivity index (χ0v) is 16.7. The molecule has 27 heavy (non-hydrogen) atoms. The summed E-state index contributed by atoms with van der Waals surface area (Å²) in [6, 6.07) is 14.2. The Morgan fingerprint density at radius 1 is 1.04 bits per heavy atom. The summed E-state index contributed by atoms with van der Waals surface area (Å²) in [5.74, 6) is 0.150. The summed E-state index contributed by atoms with van der Waals surface area (Å²) >= 11 is 0. The topological polar surface area (TPSA) is 40.6 Å². The van der Waals surface area contributed by atoms with Gasteiger partial charge in [0, 0.05) is 25.7 Å². The van der Waals surface area contributed by atoms with Crippen LogP contribution < -0.4 is 4.31 Å². The van der Waals surface area contributed by atoms with Crippen LogP contribution in [0.2, 0.25) is 0 Å². The maximum Gasteiger partial charge on any atom is 0.264 e. The van der Waals surface area contributed by atoms with Crippen LogP contribution in [0.3, 0.4) is 0 Å². The van der Waals surface area contributed by atoms with E-state index in [4.69, 9.17) is 0 Å². The molecule has 0 radical (unpaired) electrons. The molecule has 6 heteroatoms. The van der Waals surface area contributed by atoms with Crippen LogP contribution in [0.1, 0.15) is 26.7 Å². The maximum absolute atomic E-state index is 13.4. The lowest BCUT2D eigenvalue weighted by molar-refractivity contribution is 0.194. The summed E-state index contributed by atoms with van der Waals surface area (Å²) < 4.78 is 41.6. The largest absolute Gasteiger partial charge is 0.303 e. The molecule has 1 aliphatic rings. The van der Waals surface area contributed by atoms with Gasteiger partial charge in [-0.05, 0) is 55.2 Å². The predicted molar refractivity (Wildman–Crippen MR) is 107 cm³/mol.